The lowest BCUT2D eigenvalue weighted by atomic mass is 10.2. The largest absolute Gasteiger partial charge is 0.207 e. The zero-order valence-electron chi connectivity index (χ0n) is 5.70. The lowest BCUT2D eigenvalue weighted by molar-refractivity contribution is 0.492. The third-order valence-electron chi connectivity index (χ3n) is 1.20. The average Bonchev–Trinajstić information content (AvgIpc) is 1.84. The minimum Gasteiger partial charge on any atom is -0.207 e. The van der Waals surface area contributed by atoms with Crippen molar-refractivity contribution in [2.24, 2.45) is 0 Å². The number of rotatable bonds is 0. The molecule has 0 aromatic heterocycles. The first-order valence-corrected chi connectivity index (χ1v) is 2.72. The van der Waals surface area contributed by atoms with Crippen LogP contribution in [-0.2, 0) is 0 Å². The van der Waals surface area contributed by atoms with Gasteiger partial charge in [0.2, 0.25) is 0 Å². The summed E-state index contributed by atoms with van der Waals surface area (Å²) < 4.78 is 36.7. The SMILES string of the molecule is Br.Cc1cc(F)c(F)cc1F. The molecule has 1 rings (SSSR count). The molecule has 4 heteroatoms. The summed E-state index contributed by atoms with van der Waals surface area (Å²) in [6, 6.07) is 1.36. The van der Waals surface area contributed by atoms with Crippen molar-refractivity contribution in [3.8, 4) is 0 Å². The van der Waals surface area contributed by atoms with Crippen LogP contribution >= 0.6 is 17.0 Å². The van der Waals surface area contributed by atoms with Crippen LogP contribution in [0, 0.1) is 24.4 Å². The molecule has 0 N–H and O–H groups in total. The van der Waals surface area contributed by atoms with Crippen molar-refractivity contribution >= 4 is 17.0 Å². The summed E-state index contributed by atoms with van der Waals surface area (Å²) in [6.45, 7) is 1.37. The zero-order valence-corrected chi connectivity index (χ0v) is 7.41. The third-order valence-corrected chi connectivity index (χ3v) is 1.20. The summed E-state index contributed by atoms with van der Waals surface area (Å²) >= 11 is 0. The molecule has 0 atom stereocenters. The molecule has 0 heterocycles. The van der Waals surface area contributed by atoms with E-state index in [-0.39, 0.29) is 22.5 Å². The van der Waals surface area contributed by atoms with Crippen molar-refractivity contribution in [3.05, 3.63) is 35.1 Å². The van der Waals surface area contributed by atoms with Crippen LogP contribution < -0.4 is 0 Å². The van der Waals surface area contributed by atoms with Gasteiger partial charge in [-0.05, 0) is 18.6 Å². The molecule has 0 fully saturated rings. The molecule has 0 amide bonds. The van der Waals surface area contributed by atoms with Gasteiger partial charge >= 0.3 is 0 Å². The fourth-order valence-electron chi connectivity index (χ4n) is 0.622. The van der Waals surface area contributed by atoms with Gasteiger partial charge in [0.15, 0.2) is 11.6 Å². The highest BCUT2D eigenvalue weighted by molar-refractivity contribution is 8.93. The molecular weight excluding hydrogens is 221 g/mol. The van der Waals surface area contributed by atoms with Crippen LogP contribution in [0.1, 0.15) is 5.56 Å². The Kier molecular flexibility index (Phi) is 3.58. The second-order valence-electron chi connectivity index (χ2n) is 2.02. The highest BCUT2D eigenvalue weighted by atomic mass is 79.9. The van der Waals surface area contributed by atoms with Crippen molar-refractivity contribution in [3.63, 3.8) is 0 Å². The lowest BCUT2D eigenvalue weighted by Crippen LogP contribution is -1.89. The van der Waals surface area contributed by atoms with E-state index in [1.54, 1.807) is 0 Å². The van der Waals surface area contributed by atoms with Crippen molar-refractivity contribution in [2.75, 3.05) is 0 Å². The van der Waals surface area contributed by atoms with Gasteiger partial charge in [0.1, 0.15) is 5.82 Å². The molecule has 0 nitrogen and oxygen atoms in total. The minimum absolute atomic E-state index is 0. The van der Waals surface area contributed by atoms with Gasteiger partial charge in [0, 0.05) is 6.07 Å². The summed E-state index contributed by atoms with van der Waals surface area (Å²) in [6.07, 6.45) is 0. The van der Waals surface area contributed by atoms with Gasteiger partial charge in [-0.1, -0.05) is 0 Å². The summed E-state index contributed by atoms with van der Waals surface area (Å²) in [5.74, 6) is -2.89. The monoisotopic (exact) mass is 226 g/mol. The number of halogens is 4. The second-order valence-corrected chi connectivity index (χ2v) is 2.02. The van der Waals surface area contributed by atoms with Gasteiger partial charge < -0.3 is 0 Å². The van der Waals surface area contributed by atoms with E-state index >= 15 is 0 Å². The van der Waals surface area contributed by atoms with E-state index in [9.17, 15) is 13.2 Å². The van der Waals surface area contributed by atoms with Gasteiger partial charge in [-0.25, -0.2) is 13.2 Å². The van der Waals surface area contributed by atoms with E-state index in [1.807, 2.05) is 0 Å². The molecule has 0 bridgehead atoms. The van der Waals surface area contributed by atoms with E-state index in [1.165, 1.54) is 6.92 Å². The number of benzene rings is 1. The van der Waals surface area contributed by atoms with Crippen molar-refractivity contribution in [2.45, 2.75) is 6.92 Å². The van der Waals surface area contributed by atoms with Gasteiger partial charge in [0.05, 0.1) is 0 Å². The summed E-state index contributed by atoms with van der Waals surface area (Å²) in [7, 11) is 0. The first-order valence-electron chi connectivity index (χ1n) is 2.72. The van der Waals surface area contributed by atoms with Crippen LogP contribution in [0.4, 0.5) is 13.2 Å². The molecule has 0 aliphatic rings. The van der Waals surface area contributed by atoms with E-state index in [4.69, 9.17) is 0 Å². The Bertz CT molecular complexity index is 210. The molecule has 1 aromatic rings. The van der Waals surface area contributed by atoms with Gasteiger partial charge in [0.25, 0.3) is 0 Å². The van der Waals surface area contributed by atoms with Crippen molar-refractivity contribution < 1.29 is 13.2 Å². The summed E-state index contributed by atoms with van der Waals surface area (Å²) in [5, 5.41) is 0. The molecule has 0 spiro atoms. The predicted molar refractivity (Wildman–Crippen MR) is 41.4 cm³/mol. The van der Waals surface area contributed by atoms with Crippen LogP contribution in [0.15, 0.2) is 12.1 Å². The molecule has 0 radical (unpaired) electrons. The summed E-state index contributed by atoms with van der Waals surface area (Å²) in [5.41, 5.74) is 0.110. The number of aryl methyl sites for hydroxylation is 1. The Morgan fingerprint density at radius 3 is 1.82 bits per heavy atom. The molecular formula is C7H6BrF3. The van der Waals surface area contributed by atoms with E-state index in [0.717, 1.165) is 6.07 Å². The fourth-order valence-corrected chi connectivity index (χ4v) is 0.622. The standard InChI is InChI=1S/C7H5F3.BrH/c1-4-2-6(9)7(10)3-5(4)8;/h2-3H,1H3;1H. The Morgan fingerprint density at radius 2 is 1.36 bits per heavy atom. The van der Waals surface area contributed by atoms with E-state index in [2.05, 4.69) is 0 Å². The smallest absolute Gasteiger partial charge is 0.161 e. The minimum atomic E-state index is -1.15. The van der Waals surface area contributed by atoms with Crippen molar-refractivity contribution in [1.82, 2.24) is 0 Å². The topological polar surface area (TPSA) is 0 Å². The molecule has 1 aromatic carbocycles. The van der Waals surface area contributed by atoms with Crippen LogP contribution in [0.5, 0.6) is 0 Å². The maximum absolute atomic E-state index is 12.4. The Balaban J connectivity index is 0.000001000. The van der Waals surface area contributed by atoms with Gasteiger partial charge in [-0.2, -0.15) is 0 Å². The van der Waals surface area contributed by atoms with Crippen LogP contribution in [0.3, 0.4) is 0 Å². The van der Waals surface area contributed by atoms with Gasteiger partial charge in [-0.3, -0.25) is 0 Å². The Labute approximate surface area is 72.8 Å². The maximum atomic E-state index is 12.4. The summed E-state index contributed by atoms with van der Waals surface area (Å²) in [4.78, 5) is 0. The Hall–Kier alpha value is -0.510. The average molecular weight is 227 g/mol. The second kappa shape index (κ2) is 3.76. The predicted octanol–water partition coefficient (Wildman–Crippen LogP) is 2.99. The number of hydrogen-bond donors (Lipinski definition) is 0. The van der Waals surface area contributed by atoms with Crippen LogP contribution in [-0.4, -0.2) is 0 Å². The molecule has 0 aliphatic carbocycles. The molecule has 0 saturated carbocycles. The van der Waals surface area contributed by atoms with Crippen LogP contribution in [0.2, 0.25) is 0 Å². The first kappa shape index (κ1) is 10.5. The highest BCUT2D eigenvalue weighted by Crippen LogP contribution is 2.11. The quantitative estimate of drug-likeness (QED) is 0.597. The molecule has 0 unspecified atom stereocenters. The van der Waals surface area contributed by atoms with E-state index in [0.29, 0.717) is 6.07 Å². The maximum Gasteiger partial charge on any atom is 0.161 e. The van der Waals surface area contributed by atoms with Gasteiger partial charge in [-0.15, -0.1) is 17.0 Å². The van der Waals surface area contributed by atoms with Crippen LogP contribution in [0.25, 0.3) is 0 Å². The molecule has 11 heavy (non-hydrogen) atoms. The molecule has 0 aliphatic heterocycles. The zero-order chi connectivity index (χ0) is 7.72. The fraction of sp³-hybridized carbons (Fsp3) is 0.143. The van der Waals surface area contributed by atoms with E-state index < -0.39 is 17.5 Å². The molecule has 0 saturated heterocycles. The highest BCUT2D eigenvalue weighted by Gasteiger charge is 2.04. The number of hydrogen-bond acceptors (Lipinski definition) is 0. The normalized spacial score (nSPS) is 9.09. The molecule has 62 valence electrons. The lowest BCUT2D eigenvalue weighted by Gasteiger charge is -1.95. The third kappa shape index (κ3) is 2.22. The Morgan fingerprint density at radius 1 is 0.909 bits per heavy atom. The first-order chi connectivity index (χ1) is 4.61. The van der Waals surface area contributed by atoms with Crippen molar-refractivity contribution in [1.29, 1.82) is 0 Å².